The molecule has 5 heterocycles. The van der Waals surface area contributed by atoms with Gasteiger partial charge in [-0.3, -0.25) is 4.57 Å². The molecule has 9 nitrogen and oxygen atoms in total. The summed E-state index contributed by atoms with van der Waals surface area (Å²) in [7, 11) is -4.38. The van der Waals surface area contributed by atoms with Crippen LogP contribution in [0.25, 0.3) is 39.0 Å². The van der Waals surface area contributed by atoms with Gasteiger partial charge in [-0.1, -0.05) is 35.9 Å². The summed E-state index contributed by atoms with van der Waals surface area (Å²) in [5.74, 6) is 0.201. The zero-order valence-electron chi connectivity index (χ0n) is 24.6. The number of benzene rings is 2. The normalized spacial score (nSPS) is 14.8. The molecular weight excluding hydrogens is 619 g/mol. The van der Waals surface area contributed by atoms with E-state index in [0.717, 1.165) is 18.4 Å². The molecule has 6 aromatic rings. The zero-order valence-corrected chi connectivity index (χ0v) is 25.4. The average Bonchev–Trinajstić information content (AvgIpc) is 3.58. The summed E-state index contributed by atoms with van der Waals surface area (Å²) in [5, 5.41) is -0.373. The minimum Gasteiger partial charge on any atom is -0.381 e. The highest BCUT2D eigenvalue weighted by Crippen LogP contribution is 2.38. The molecule has 46 heavy (non-hydrogen) atoms. The third-order valence-corrected chi connectivity index (χ3v) is 10.1. The van der Waals surface area contributed by atoms with Crippen LogP contribution in [0.5, 0.6) is 0 Å². The van der Waals surface area contributed by atoms with Gasteiger partial charge >= 0.3 is 11.9 Å². The van der Waals surface area contributed by atoms with Gasteiger partial charge in [0.25, 0.3) is 10.0 Å². The maximum Gasteiger partial charge on any atom is 0.418 e. The van der Waals surface area contributed by atoms with Crippen LogP contribution in [0.3, 0.4) is 0 Å². The van der Waals surface area contributed by atoms with Crippen LogP contribution in [0.1, 0.15) is 24.0 Å². The van der Waals surface area contributed by atoms with Crippen molar-refractivity contribution < 1.29 is 26.3 Å². The zero-order chi connectivity index (χ0) is 32.2. The second kappa shape index (κ2) is 11.2. The summed E-state index contributed by atoms with van der Waals surface area (Å²) in [6.07, 6.45) is 0.106. The van der Waals surface area contributed by atoms with Gasteiger partial charge in [-0.25, -0.2) is 31.7 Å². The van der Waals surface area contributed by atoms with Crippen molar-refractivity contribution in [2.24, 2.45) is 5.92 Å². The van der Waals surface area contributed by atoms with Crippen molar-refractivity contribution in [2.75, 3.05) is 13.2 Å². The van der Waals surface area contributed by atoms with E-state index in [4.69, 9.17) is 4.74 Å². The minimum absolute atomic E-state index is 0.158. The fourth-order valence-electron chi connectivity index (χ4n) is 5.93. The molecule has 0 N–H and O–H groups in total. The predicted octanol–water partition coefficient (Wildman–Crippen LogP) is 6.19. The molecule has 236 valence electrons. The summed E-state index contributed by atoms with van der Waals surface area (Å²) >= 11 is 0. The lowest BCUT2D eigenvalue weighted by molar-refractivity contribution is -0.136. The fraction of sp³-hybridized carbons (Fsp3) is 0.242. The van der Waals surface area contributed by atoms with E-state index < -0.39 is 21.8 Å². The third-order valence-electron chi connectivity index (χ3n) is 8.40. The van der Waals surface area contributed by atoms with E-state index in [9.17, 15) is 26.4 Å². The quantitative estimate of drug-likeness (QED) is 0.214. The lowest BCUT2D eigenvalue weighted by atomic mass is 10.0. The molecule has 0 aliphatic carbocycles. The molecule has 0 radical (unpaired) electrons. The molecule has 7 rings (SSSR count). The molecule has 13 heteroatoms. The van der Waals surface area contributed by atoms with E-state index in [1.165, 1.54) is 35.2 Å². The Hall–Kier alpha value is -4.75. The lowest BCUT2D eigenvalue weighted by Crippen LogP contribution is -2.28. The topological polar surface area (TPSA) is 101 Å². The number of aromatic nitrogens is 5. The first-order chi connectivity index (χ1) is 22.0. The number of rotatable bonds is 6. The lowest BCUT2D eigenvalue weighted by Gasteiger charge is -2.22. The molecule has 0 bridgehead atoms. The van der Waals surface area contributed by atoms with Crippen molar-refractivity contribution in [1.82, 2.24) is 23.1 Å². The van der Waals surface area contributed by atoms with Crippen molar-refractivity contribution in [1.29, 1.82) is 0 Å². The largest absolute Gasteiger partial charge is 0.418 e. The Labute approximate surface area is 261 Å². The SMILES string of the molecule is Cc1ccc(S(=O)(=O)n2cc(C(F)(F)F)c3cc(-c4cnc5c(c4)n(CC4CCOCC4)c(=O)n5-c4ccccc4)cnc32)cc1. The van der Waals surface area contributed by atoms with Crippen LogP contribution in [0, 0.1) is 12.8 Å². The second-order valence-electron chi connectivity index (χ2n) is 11.4. The van der Waals surface area contributed by atoms with Gasteiger partial charge in [-0.15, -0.1) is 0 Å². The number of alkyl halides is 3. The van der Waals surface area contributed by atoms with Crippen molar-refractivity contribution in [3.8, 4) is 16.8 Å². The molecule has 0 unspecified atom stereocenters. The summed E-state index contributed by atoms with van der Waals surface area (Å²) in [6, 6.07) is 17.9. The molecule has 1 saturated heterocycles. The summed E-state index contributed by atoms with van der Waals surface area (Å²) in [5.41, 5.74) is 1.33. The predicted molar refractivity (Wildman–Crippen MR) is 166 cm³/mol. The molecule has 1 fully saturated rings. The smallest absolute Gasteiger partial charge is 0.381 e. The van der Waals surface area contributed by atoms with Crippen molar-refractivity contribution in [3.05, 3.63) is 107 Å². The Morgan fingerprint density at radius 2 is 1.57 bits per heavy atom. The second-order valence-corrected chi connectivity index (χ2v) is 13.3. The molecule has 0 atom stereocenters. The van der Waals surface area contributed by atoms with E-state index in [1.807, 2.05) is 18.2 Å². The summed E-state index contributed by atoms with van der Waals surface area (Å²) in [6.45, 7) is 3.41. The van der Waals surface area contributed by atoms with Crippen LogP contribution in [0.4, 0.5) is 13.2 Å². The number of fused-ring (bicyclic) bond motifs is 2. The van der Waals surface area contributed by atoms with Gasteiger partial charge in [0.05, 0.1) is 21.7 Å². The van der Waals surface area contributed by atoms with Crippen LogP contribution < -0.4 is 5.69 Å². The molecule has 0 amide bonds. The van der Waals surface area contributed by atoms with Crippen LogP contribution >= 0.6 is 0 Å². The van der Waals surface area contributed by atoms with Crippen molar-refractivity contribution in [2.45, 2.75) is 37.4 Å². The first-order valence-corrected chi connectivity index (χ1v) is 16.1. The molecule has 0 saturated carbocycles. The highest BCUT2D eigenvalue weighted by atomic mass is 32.2. The van der Waals surface area contributed by atoms with E-state index in [1.54, 1.807) is 41.8 Å². The molecule has 2 aromatic carbocycles. The van der Waals surface area contributed by atoms with Crippen LogP contribution in [0.15, 0.2) is 95.0 Å². The van der Waals surface area contributed by atoms with Crippen molar-refractivity contribution in [3.63, 3.8) is 0 Å². The van der Waals surface area contributed by atoms with Gasteiger partial charge in [0.2, 0.25) is 0 Å². The summed E-state index contributed by atoms with van der Waals surface area (Å²) in [4.78, 5) is 22.5. The summed E-state index contributed by atoms with van der Waals surface area (Å²) < 4.78 is 79.1. The minimum atomic E-state index is -4.86. The van der Waals surface area contributed by atoms with Gasteiger partial charge in [-0.05, 0) is 62.1 Å². The van der Waals surface area contributed by atoms with Crippen LogP contribution in [-0.2, 0) is 27.5 Å². The van der Waals surface area contributed by atoms with Crippen molar-refractivity contribution >= 4 is 32.2 Å². The first kappa shape index (κ1) is 29.9. The number of imidazole rings is 1. The number of hydrogen-bond donors (Lipinski definition) is 0. The first-order valence-electron chi connectivity index (χ1n) is 14.7. The maximum atomic E-state index is 14.3. The average molecular weight is 648 g/mol. The van der Waals surface area contributed by atoms with Gasteiger partial charge in [0, 0.05) is 54.9 Å². The number of para-hydroxylation sites is 1. The molecule has 1 aliphatic rings. The molecule has 4 aromatic heterocycles. The Morgan fingerprint density at radius 3 is 2.24 bits per heavy atom. The van der Waals surface area contributed by atoms with Crippen LogP contribution in [0.2, 0.25) is 0 Å². The Morgan fingerprint density at radius 1 is 0.913 bits per heavy atom. The third kappa shape index (κ3) is 5.18. The van der Waals surface area contributed by atoms with E-state index >= 15 is 0 Å². The number of nitrogens with zero attached hydrogens (tertiary/aromatic N) is 5. The Balaban J connectivity index is 1.39. The number of ether oxygens (including phenoxy) is 1. The van der Waals surface area contributed by atoms with Crippen LogP contribution in [-0.4, -0.2) is 44.7 Å². The number of halogens is 3. The monoisotopic (exact) mass is 647 g/mol. The molecular formula is C33H28F3N5O4S. The fourth-order valence-corrected chi connectivity index (χ4v) is 7.26. The van der Waals surface area contributed by atoms with Gasteiger partial charge in [0.15, 0.2) is 11.3 Å². The Bertz CT molecular complexity index is 2250. The number of pyridine rings is 2. The van der Waals surface area contributed by atoms with Gasteiger partial charge in [-0.2, -0.15) is 13.2 Å². The highest BCUT2D eigenvalue weighted by molar-refractivity contribution is 7.90. The molecule has 0 spiro atoms. The number of hydrogen-bond acceptors (Lipinski definition) is 6. The standard InChI is InChI=1S/C33H28F3N5O4S/c1-21-7-9-26(10-8-21)46(43,44)40-20-28(33(34,35)36)27-15-23(17-37-30(27)40)24-16-29-31(38-18-24)41(25-5-3-2-4-6-25)32(42)39(29)19-22-11-13-45-14-12-22/h2-10,15-18,20,22H,11-14,19H2,1H3. The van der Waals surface area contributed by atoms with E-state index in [0.29, 0.717) is 52.3 Å². The molecule has 1 aliphatic heterocycles. The maximum absolute atomic E-state index is 14.3. The number of aryl methyl sites for hydroxylation is 1. The Kier molecular flexibility index (Phi) is 7.32. The van der Waals surface area contributed by atoms with Gasteiger partial charge < -0.3 is 4.74 Å². The highest BCUT2D eigenvalue weighted by Gasteiger charge is 2.37. The van der Waals surface area contributed by atoms with E-state index in [-0.39, 0.29) is 33.1 Å². The van der Waals surface area contributed by atoms with Gasteiger partial charge in [0.1, 0.15) is 0 Å². The van der Waals surface area contributed by atoms with E-state index in [2.05, 4.69) is 9.97 Å².